The van der Waals surface area contributed by atoms with E-state index in [-0.39, 0.29) is 90.3 Å². The maximum Gasteiger partial charge on any atom is 0.330 e. The van der Waals surface area contributed by atoms with Crippen LogP contribution in [0.3, 0.4) is 0 Å². The van der Waals surface area contributed by atoms with Gasteiger partial charge in [0.05, 0.1) is 98.5 Å². The molecule has 18 nitrogen and oxygen atoms in total. The number of esters is 4. The quantitative estimate of drug-likeness (QED) is 0.0411. The number of carbonyl (C=O) groups is 4. The van der Waals surface area contributed by atoms with Crippen LogP contribution in [0.2, 0.25) is 0 Å². The fourth-order valence-corrected chi connectivity index (χ4v) is 22.6. The fraction of sp³-hybridized carbons (Fsp3) is 0.699. The van der Waals surface area contributed by atoms with Crippen LogP contribution >= 0.6 is 0 Å². The van der Waals surface area contributed by atoms with Gasteiger partial charge in [-0.2, -0.15) is 5.26 Å². The maximum absolute atomic E-state index is 11.4. The first-order valence-electron chi connectivity index (χ1n) is 37.2. The summed E-state index contributed by atoms with van der Waals surface area (Å²) in [5.41, 5.74) is -0.462. The zero-order valence-corrected chi connectivity index (χ0v) is 59.4. The van der Waals surface area contributed by atoms with E-state index >= 15 is 0 Å². The summed E-state index contributed by atoms with van der Waals surface area (Å²) in [4.78, 5) is 45.3. The predicted molar refractivity (Wildman–Crippen MR) is 382 cm³/mol. The Morgan fingerprint density at radius 3 is 1.68 bits per heavy atom. The number of fused-ring (bicyclic) bond motifs is 11. The molecule has 5 saturated heterocycles. The molecule has 20 fully saturated rings. The molecule has 20 rings (SSSR count). The van der Waals surface area contributed by atoms with Crippen molar-refractivity contribution in [1.82, 2.24) is 0 Å². The minimum atomic E-state index is -0.564. The summed E-state index contributed by atoms with van der Waals surface area (Å²) in [5.74, 6) is 9.03. The first kappa shape index (κ1) is 78.4. The number of carbonyl (C=O) groups excluding carboxylic acids is 4. The molecular formula is C83H117NO17. The number of cyclic esters (lactones) is 2. The Morgan fingerprint density at radius 2 is 1.19 bits per heavy atom. The van der Waals surface area contributed by atoms with Gasteiger partial charge < -0.3 is 62.3 Å². The van der Waals surface area contributed by atoms with Crippen molar-refractivity contribution >= 4 is 23.9 Å². The van der Waals surface area contributed by atoms with E-state index < -0.39 is 11.2 Å². The molecule has 18 heteroatoms. The molecule has 556 valence electrons. The lowest BCUT2D eigenvalue weighted by Crippen LogP contribution is -2.60. The highest BCUT2D eigenvalue weighted by Gasteiger charge is 2.66. The molecule has 0 amide bonds. The number of terminal acetylenes is 1. The Labute approximate surface area is 601 Å². The first-order valence-corrected chi connectivity index (χ1v) is 37.2. The summed E-state index contributed by atoms with van der Waals surface area (Å²) < 4.78 is 59.2. The summed E-state index contributed by atoms with van der Waals surface area (Å²) in [6.45, 7) is 34.5. The van der Waals surface area contributed by atoms with Crippen LogP contribution in [-0.2, 0) is 71.3 Å². The summed E-state index contributed by atoms with van der Waals surface area (Å²) in [7, 11) is 0. The van der Waals surface area contributed by atoms with Crippen LogP contribution in [0.15, 0.2) is 115 Å². The molecular weight excluding hydrogens is 1280 g/mol. The molecule has 15 aliphatic carbocycles. The van der Waals surface area contributed by atoms with Gasteiger partial charge >= 0.3 is 23.9 Å². The SMILES string of the molecule is C.C#CC(=C)C.C=CC#N.C=CC(=O)OC12CC3CC(CC(O)(C3)C1)C2.C=COC12CC3CC(CC(O)(C3)C1)C2.C=COC1C2CC3C(=O)OC1C3O2.C=COC1CC2CC1C1COC(=O)C21.C=COC1CC2CC1CC21COC(=O)C1.C=COC1CC2CCC1C2.C=COC1CCCCC1. The van der Waals surface area contributed by atoms with Gasteiger partial charge in [0.25, 0.3) is 0 Å². The standard InChI is InChI=1S/C13H18O3.C12H16O3.C12H18O2.C11H14O3.C9H10O4.C9H14O.C8H14O.C5H6.C3H3N.CH4/c1-2-11(14)16-13-6-9-3-10(7-13)5-12(15,4-9)8-13;1-2-14-10-4-9-3-8(10)5-12(9)6-11(13)15-7-12;1-2-14-12-6-9-3-10(7-12)5-11(13,4-9)8-12;1-2-13-9-4-6-3-7(9)8-5-14-11(12)10(6)8;1-2-11-7-5-3-4-6(12-5)8(7)13-9(4)10;1-2-10-9-6-7-3-4-8(9)5-7;1-2-9-8-6-4-3-5-7-8;1-4-5(2)3;1-2-3-4;/h2,9-10,15H,1,3-8H2;2,8-10H,1,3-7H2;2,9-10,13H,1,3-8H2;2,6-10H,1,3-5H2;2,4-8H,1,3H2;2,7-9H,1,3-6H2;2,8H,1,3-7H2;1H,2H2,3H3;2H,1H2;1H4. The molecule has 1 spiro atoms. The number of nitrogens with zero attached hydrogens (tertiary/aromatic N) is 1. The minimum absolute atomic E-state index is 0. The number of hydrogen-bond donors (Lipinski definition) is 2. The Hall–Kier alpha value is -6.73. The van der Waals surface area contributed by atoms with E-state index in [0.29, 0.717) is 97.6 Å². The van der Waals surface area contributed by atoms with E-state index in [4.69, 9.17) is 63.8 Å². The number of allylic oxidation sites excluding steroid dienone is 2. The highest BCUT2D eigenvalue weighted by Crippen LogP contribution is 2.63. The second kappa shape index (κ2) is 34.2. The fourth-order valence-electron chi connectivity index (χ4n) is 22.6. The number of nitriles is 1. The minimum Gasteiger partial charge on any atom is -0.499 e. The Balaban J connectivity index is 0.000000135. The van der Waals surface area contributed by atoms with E-state index in [1.54, 1.807) is 38.0 Å². The van der Waals surface area contributed by atoms with Crippen LogP contribution < -0.4 is 0 Å². The third kappa shape index (κ3) is 18.3. The average molecular weight is 1400 g/mol. The number of ether oxygens (including phenoxy) is 11. The lowest BCUT2D eigenvalue weighted by atomic mass is 9.52. The van der Waals surface area contributed by atoms with Gasteiger partial charge in [0, 0.05) is 42.2 Å². The molecule has 15 saturated carbocycles. The van der Waals surface area contributed by atoms with Crippen molar-refractivity contribution < 1.29 is 81.5 Å². The molecule has 5 aliphatic heterocycles. The monoisotopic (exact) mass is 1400 g/mol. The molecule has 0 aromatic heterocycles. The van der Waals surface area contributed by atoms with Gasteiger partial charge in [0.2, 0.25) is 0 Å². The summed E-state index contributed by atoms with van der Waals surface area (Å²) in [6.07, 6.45) is 48.6. The van der Waals surface area contributed by atoms with Gasteiger partial charge in [0.15, 0.2) is 12.2 Å². The second-order valence-electron chi connectivity index (χ2n) is 32.4. The van der Waals surface area contributed by atoms with Crippen molar-refractivity contribution in [2.24, 2.45) is 82.3 Å². The molecule has 0 aromatic carbocycles. The van der Waals surface area contributed by atoms with E-state index in [2.05, 4.69) is 65.1 Å². The molecule has 21 unspecified atom stereocenters. The van der Waals surface area contributed by atoms with Crippen molar-refractivity contribution in [3.05, 3.63) is 115 Å². The Morgan fingerprint density at radius 1 is 0.604 bits per heavy atom. The summed E-state index contributed by atoms with van der Waals surface area (Å²) >= 11 is 0. The molecule has 20 aliphatic rings. The maximum atomic E-state index is 11.4. The Bertz CT molecular complexity index is 3030. The predicted octanol–water partition coefficient (Wildman–Crippen LogP) is 14.8. The normalized spacial score (nSPS) is 42.3. The smallest absolute Gasteiger partial charge is 0.330 e. The van der Waals surface area contributed by atoms with Gasteiger partial charge in [-0.1, -0.05) is 79.0 Å². The summed E-state index contributed by atoms with van der Waals surface area (Å²) in [5, 5.41) is 28.3. The van der Waals surface area contributed by atoms with Gasteiger partial charge in [0.1, 0.15) is 35.6 Å². The molecule has 5 heterocycles. The van der Waals surface area contributed by atoms with E-state index in [1.807, 2.05) is 0 Å². The van der Waals surface area contributed by atoms with Crippen LogP contribution in [-0.4, -0.2) is 119 Å². The second-order valence-corrected chi connectivity index (χ2v) is 32.4. The highest BCUT2D eigenvalue weighted by atomic mass is 16.6. The topological polar surface area (TPSA) is 234 Å². The molecule has 0 radical (unpaired) electrons. The van der Waals surface area contributed by atoms with Crippen molar-refractivity contribution in [1.29, 1.82) is 5.26 Å². The lowest BCUT2D eigenvalue weighted by Gasteiger charge is -2.59. The number of hydrogen-bond acceptors (Lipinski definition) is 18. The van der Waals surface area contributed by atoms with E-state index in [9.17, 15) is 29.4 Å². The molecule has 101 heavy (non-hydrogen) atoms. The van der Waals surface area contributed by atoms with Crippen LogP contribution in [0, 0.1) is 106 Å². The van der Waals surface area contributed by atoms with Crippen LogP contribution in [0.1, 0.15) is 194 Å². The lowest BCUT2D eigenvalue weighted by molar-refractivity contribution is -0.216. The van der Waals surface area contributed by atoms with Gasteiger partial charge in [-0.05, 0) is 220 Å². The Kier molecular flexibility index (Phi) is 26.6. The van der Waals surface area contributed by atoms with Gasteiger partial charge in [-0.25, -0.2) is 4.79 Å². The van der Waals surface area contributed by atoms with Crippen molar-refractivity contribution in [2.75, 3.05) is 13.2 Å². The average Bonchev–Trinajstić information content (AvgIpc) is 1.70. The van der Waals surface area contributed by atoms with E-state index in [1.165, 1.54) is 102 Å². The molecule has 16 bridgehead atoms. The number of aliphatic hydroxyl groups is 2. The van der Waals surface area contributed by atoms with Gasteiger partial charge in [-0.15, -0.1) is 6.42 Å². The first-order chi connectivity index (χ1) is 48.0. The van der Waals surface area contributed by atoms with Crippen LogP contribution in [0.5, 0.6) is 0 Å². The largest absolute Gasteiger partial charge is 0.499 e. The summed E-state index contributed by atoms with van der Waals surface area (Å²) in [6, 6.07) is 1.69. The third-order valence-corrected chi connectivity index (χ3v) is 25.5. The molecule has 0 aromatic rings. The molecule has 2 N–H and O–H groups in total. The zero-order valence-electron chi connectivity index (χ0n) is 59.4. The van der Waals surface area contributed by atoms with Crippen LogP contribution in [0.4, 0.5) is 0 Å². The van der Waals surface area contributed by atoms with Crippen molar-refractivity contribution in [3.63, 3.8) is 0 Å². The van der Waals surface area contributed by atoms with Gasteiger partial charge in [-0.3, -0.25) is 14.4 Å². The number of rotatable bonds is 14. The highest BCUT2D eigenvalue weighted by molar-refractivity contribution is 5.81. The van der Waals surface area contributed by atoms with Crippen molar-refractivity contribution in [2.45, 2.75) is 265 Å². The zero-order chi connectivity index (χ0) is 71.6. The third-order valence-electron chi connectivity index (χ3n) is 25.5. The van der Waals surface area contributed by atoms with Crippen LogP contribution in [0.25, 0.3) is 0 Å². The van der Waals surface area contributed by atoms with Crippen molar-refractivity contribution in [3.8, 4) is 18.4 Å². The molecule has 21 atom stereocenters. The van der Waals surface area contributed by atoms with E-state index in [0.717, 1.165) is 107 Å².